The second-order valence-electron chi connectivity index (χ2n) is 5.19. The Morgan fingerprint density at radius 2 is 2.38 bits per heavy atom. The highest BCUT2D eigenvalue weighted by molar-refractivity contribution is 9.10. The van der Waals surface area contributed by atoms with Crippen LogP contribution in [0, 0.1) is 5.82 Å². The first-order valence-corrected chi connectivity index (χ1v) is 7.94. The normalized spacial score (nSPS) is 22.3. The number of hydrogen-bond donors (Lipinski definition) is 0. The molecule has 114 valence electrons. The van der Waals surface area contributed by atoms with Crippen molar-refractivity contribution >= 4 is 38.6 Å². The summed E-state index contributed by atoms with van der Waals surface area (Å²) in [6.45, 7) is 1.79. The Kier molecular flexibility index (Phi) is 4.23. The summed E-state index contributed by atoms with van der Waals surface area (Å²) in [5, 5.41) is 0. The molecule has 1 fully saturated rings. The van der Waals surface area contributed by atoms with Gasteiger partial charge in [0.15, 0.2) is 0 Å². The molecule has 1 atom stereocenters. The standard InChI is InChI=1S/C14H15BrClFN2O2/c1-20-14(2-3-21-8-14)7-19-12-4-9(15)10(17)5-11(12)18-13(19)6-16/h4-5H,2-3,6-8H2,1H3. The highest BCUT2D eigenvalue weighted by atomic mass is 79.9. The SMILES string of the molecule is COC1(Cn2c(CCl)nc3cc(F)c(Br)cc32)CCOC1. The minimum Gasteiger partial charge on any atom is -0.378 e. The summed E-state index contributed by atoms with van der Waals surface area (Å²) in [6.07, 6.45) is 0.813. The van der Waals surface area contributed by atoms with E-state index in [1.807, 2.05) is 4.57 Å². The molecule has 1 saturated heterocycles. The molecule has 0 saturated carbocycles. The maximum Gasteiger partial charge on any atom is 0.139 e. The molecule has 1 unspecified atom stereocenters. The minimum absolute atomic E-state index is 0.259. The van der Waals surface area contributed by atoms with Crippen LogP contribution in [0.2, 0.25) is 0 Å². The molecule has 4 nitrogen and oxygen atoms in total. The zero-order valence-electron chi connectivity index (χ0n) is 11.5. The van der Waals surface area contributed by atoms with Gasteiger partial charge in [0.1, 0.15) is 17.2 Å². The van der Waals surface area contributed by atoms with Crippen LogP contribution in [0.25, 0.3) is 11.0 Å². The molecule has 0 radical (unpaired) electrons. The fraction of sp³-hybridized carbons (Fsp3) is 0.500. The summed E-state index contributed by atoms with van der Waals surface area (Å²) in [4.78, 5) is 4.41. The summed E-state index contributed by atoms with van der Waals surface area (Å²) in [5.74, 6) is 0.626. The Morgan fingerprint density at radius 1 is 1.57 bits per heavy atom. The van der Waals surface area contributed by atoms with E-state index >= 15 is 0 Å². The van der Waals surface area contributed by atoms with E-state index in [-0.39, 0.29) is 17.3 Å². The van der Waals surface area contributed by atoms with Gasteiger partial charge in [-0.1, -0.05) is 0 Å². The highest BCUT2D eigenvalue weighted by Crippen LogP contribution is 2.30. The molecule has 2 heterocycles. The molecule has 1 aliphatic rings. The molecule has 1 aromatic carbocycles. The van der Waals surface area contributed by atoms with Crippen molar-refractivity contribution in [2.45, 2.75) is 24.4 Å². The number of hydrogen-bond acceptors (Lipinski definition) is 3. The first-order chi connectivity index (χ1) is 10.1. The van der Waals surface area contributed by atoms with Gasteiger partial charge in [0, 0.05) is 26.2 Å². The lowest BCUT2D eigenvalue weighted by Gasteiger charge is -2.27. The van der Waals surface area contributed by atoms with Gasteiger partial charge in [-0.05, 0) is 22.0 Å². The van der Waals surface area contributed by atoms with Crippen LogP contribution in [0.1, 0.15) is 12.2 Å². The number of imidazole rings is 1. The molecule has 1 aliphatic heterocycles. The summed E-state index contributed by atoms with van der Waals surface area (Å²) < 4.78 is 27.2. The monoisotopic (exact) mass is 376 g/mol. The molecule has 1 aromatic heterocycles. The Bertz CT molecular complexity index is 671. The van der Waals surface area contributed by atoms with Crippen molar-refractivity contribution in [2.75, 3.05) is 20.3 Å². The first kappa shape index (κ1) is 15.2. The molecule has 0 bridgehead atoms. The summed E-state index contributed by atoms with van der Waals surface area (Å²) in [7, 11) is 1.68. The predicted molar refractivity (Wildman–Crippen MR) is 82.1 cm³/mol. The van der Waals surface area contributed by atoms with E-state index in [1.165, 1.54) is 6.07 Å². The number of ether oxygens (including phenoxy) is 2. The van der Waals surface area contributed by atoms with Crippen molar-refractivity contribution in [2.24, 2.45) is 0 Å². The van der Waals surface area contributed by atoms with Gasteiger partial charge in [-0.3, -0.25) is 0 Å². The quantitative estimate of drug-likeness (QED) is 0.765. The van der Waals surface area contributed by atoms with E-state index < -0.39 is 0 Å². The van der Waals surface area contributed by atoms with E-state index in [4.69, 9.17) is 21.1 Å². The lowest BCUT2D eigenvalue weighted by atomic mass is 10.0. The van der Waals surface area contributed by atoms with Crippen LogP contribution < -0.4 is 0 Å². The smallest absolute Gasteiger partial charge is 0.139 e. The summed E-state index contributed by atoms with van der Waals surface area (Å²) in [5.41, 5.74) is 1.05. The van der Waals surface area contributed by atoms with Crippen molar-refractivity contribution in [3.05, 3.63) is 28.2 Å². The van der Waals surface area contributed by atoms with Gasteiger partial charge in [0.05, 0.1) is 34.5 Å². The van der Waals surface area contributed by atoms with Crippen molar-refractivity contribution in [3.63, 3.8) is 0 Å². The maximum atomic E-state index is 13.7. The van der Waals surface area contributed by atoms with Crippen LogP contribution in [0.15, 0.2) is 16.6 Å². The average molecular weight is 378 g/mol. The van der Waals surface area contributed by atoms with E-state index in [9.17, 15) is 4.39 Å². The van der Waals surface area contributed by atoms with E-state index in [1.54, 1.807) is 13.2 Å². The summed E-state index contributed by atoms with van der Waals surface area (Å²) >= 11 is 9.22. The van der Waals surface area contributed by atoms with Gasteiger partial charge in [-0.25, -0.2) is 9.37 Å². The van der Waals surface area contributed by atoms with Crippen LogP contribution in [0.5, 0.6) is 0 Å². The lowest BCUT2D eigenvalue weighted by molar-refractivity contribution is -0.0291. The second kappa shape index (κ2) is 5.83. The van der Waals surface area contributed by atoms with Crippen molar-refractivity contribution in [3.8, 4) is 0 Å². The number of methoxy groups -OCH3 is 1. The summed E-state index contributed by atoms with van der Waals surface area (Å²) in [6, 6.07) is 3.14. The Hall–Kier alpha value is -0.690. The Balaban J connectivity index is 2.09. The Labute approximate surface area is 135 Å². The first-order valence-electron chi connectivity index (χ1n) is 6.61. The van der Waals surface area contributed by atoms with Gasteiger partial charge in [-0.15, -0.1) is 11.6 Å². The van der Waals surface area contributed by atoms with Crippen LogP contribution in [0.3, 0.4) is 0 Å². The van der Waals surface area contributed by atoms with E-state index in [0.717, 1.165) is 11.9 Å². The zero-order chi connectivity index (χ0) is 15.0. The third-order valence-corrected chi connectivity index (χ3v) is 4.78. The molecule has 0 spiro atoms. The third kappa shape index (κ3) is 2.70. The van der Waals surface area contributed by atoms with Crippen LogP contribution >= 0.6 is 27.5 Å². The molecule has 0 amide bonds. The van der Waals surface area contributed by atoms with Gasteiger partial charge < -0.3 is 14.0 Å². The van der Waals surface area contributed by atoms with Crippen molar-refractivity contribution in [1.82, 2.24) is 9.55 Å². The van der Waals surface area contributed by atoms with Gasteiger partial charge in [-0.2, -0.15) is 0 Å². The number of nitrogens with zero attached hydrogens (tertiary/aromatic N) is 2. The highest BCUT2D eigenvalue weighted by Gasteiger charge is 2.36. The fourth-order valence-electron chi connectivity index (χ4n) is 2.68. The minimum atomic E-state index is -0.380. The number of alkyl halides is 1. The molecule has 21 heavy (non-hydrogen) atoms. The van der Waals surface area contributed by atoms with Gasteiger partial charge >= 0.3 is 0 Å². The topological polar surface area (TPSA) is 36.3 Å². The Morgan fingerprint density at radius 3 is 3.00 bits per heavy atom. The molecule has 2 aromatic rings. The van der Waals surface area contributed by atoms with Crippen molar-refractivity contribution < 1.29 is 13.9 Å². The van der Waals surface area contributed by atoms with Crippen LogP contribution in [-0.4, -0.2) is 35.5 Å². The molecular formula is C14H15BrClFN2O2. The van der Waals surface area contributed by atoms with Crippen LogP contribution in [0.4, 0.5) is 4.39 Å². The number of halogens is 3. The number of aromatic nitrogens is 2. The largest absolute Gasteiger partial charge is 0.378 e. The molecule has 0 N–H and O–H groups in total. The molecular weight excluding hydrogens is 363 g/mol. The van der Waals surface area contributed by atoms with Gasteiger partial charge in [0.2, 0.25) is 0 Å². The molecule has 7 heteroatoms. The van der Waals surface area contributed by atoms with Gasteiger partial charge in [0.25, 0.3) is 0 Å². The van der Waals surface area contributed by atoms with E-state index in [0.29, 0.717) is 35.6 Å². The van der Waals surface area contributed by atoms with Crippen LogP contribution in [-0.2, 0) is 21.9 Å². The second-order valence-corrected chi connectivity index (χ2v) is 6.31. The van der Waals surface area contributed by atoms with E-state index in [2.05, 4.69) is 20.9 Å². The van der Waals surface area contributed by atoms with Crippen molar-refractivity contribution in [1.29, 1.82) is 0 Å². The number of fused-ring (bicyclic) bond motifs is 1. The fourth-order valence-corrected chi connectivity index (χ4v) is 3.21. The third-order valence-electron chi connectivity index (χ3n) is 3.94. The molecule has 3 rings (SSSR count). The lowest BCUT2D eigenvalue weighted by Crippen LogP contribution is -2.37. The predicted octanol–water partition coefficient (Wildman–Crippen LogP) is 3.48. The molecule has 0 aliphatic carbocycles. The maximum absolute atomic E-state index is 13.7. The number of benzene rings is 1. The zero-order valence-corrected chi connectivity index (χ0v) is 13.9. The average Bonchev–Trinajstić information content (AvgIpc) is 3.07. The number of rotatable bonds is 4.